The molecule has 1 fully saturated rings. The molecule has 1 unspecified atom stereocenters. The average Bonchev–Trinajstić information content (AvgIpc) is 3.59. The first-order valence-corrected chi connectivity index (χ1v) is 11.7. The predicted molar refractivity (Wildman–Crippen MR) is 129 cm³/mol. The Labute approximate surface area is 214 Å². The van der Waals surface area contributed by atoms with E-state index in [-0.39, 0.29) is 28.0 Å². The number of alkyl halides is 3. The monoisotopic (exact) mass is 534 g/mol. The fraction of sp³-hybridized carbons (Fsp3) is 0.280. The quantitative estimate of drug-likeness (QED) is 0.379. The van der Waals surface area contributed by atoms with Gasteiger partial charge in [0.2, 0.25) is 0 Å². The summed E-state index contributed by atoms with van der Waals surface area (Å²) in [5.41, 5.74) is -3.57. The standard InChI is InChI=1S/C25H22ClF3N4O4/c1-12-6-5-7-15(22(34)30-13(2)14-10-11-14)19(12)31-23(35)20-18(24(36)37)21(25(27,28)29)32-33(20)17-9-4-3-8-16(17)26/h3-9,13-14H,10-11H2,1-2H3,(H,30,34)(H,31,35)(H,36,37). The number of halogens is 4. The van der Waals surface area contributed by atoms with Gasteiger partial charge >= 0.3 is 12.1 Å². The number of carbonyl (C=O) groups excluding carboxylic acids is 2. The third-order valence-electron chi connectivity index (χ3n) is 6.11. The largest absolute Gasteiger partial charge is 0.478 e. The molecule has 4 rings (SSSR count). The summed E-state index contributed by atoms with van der Waals surface area (Å²) in [4.78, 5) is 38.4. The summed E-state index contributed by atoms with van der Waals surface area (Å²) in [6.45, 7) is 3.46. The zero-order valence-electron chi connectivity index (χ0n) is 19.7. The fourth-order valence-corrected chi connectivity index (χ4v) is 4.24. The molecule has 1 aliphatic carbocycles. The van der Waals surface area contributed by atoms with Gasteiger partial charge < -0.3 is 15.7 Å². The van der Waals surface area contributed by atoms with Crippen LogP contribution in [0.4, 0.5) is 18.9 Å². The maximum absolute atomic E-state index is 13.8. The topological polar surface area (TPSA) is 113 Å². The molecule has 0 saturated heterocycles. The molecule has 8 nitrogen and oxygen atoms in total. The van der Waals surface area contributed by atoms with Gasteiger partial charge in [0.1, 0.15) is 11.3 Å². The van der Waals surface area contributed by atoms with Crippen molar-refractivity contribution >= 4 is 35.1 Å². The van der Waals surface area contributed by atoms with Gasteiger partial charge in [0, 0.05) is 6.04 Å². The van der Waals surface area contributed by atoms with Crippen molar-refractivity contribution in [2.45, 2.75) is 38.9 Å². The molecule has 37 heavy (non-hydrogen) atoms. The molecule has 1 atom stereocenters. The van der Waals surface area contributed by atoms with Crippen LogP contribution in [-0.4, -0.2) is 38.7 Å². The number of aromatic nitrogens is 2. The van der Waals surface area contributed by atoms with Gasteiger partial charge in [0.25, 0.3) is 11.8 Å². The van der Waals surface area contributed by atoms with Crippen molar-refractivity contribution in [3.05, 3.63) is 75.6 Å². The number of hydrogen-bond acceptors (Lipinski definition) is 4. The number of carbonyl (C=O) groups is 3. The number of rotatable bonds is 7. The Bertz CT molecular complexity index is 1400. The first kappa shape index (κ1) is 26.2. The first-order valence-electron chi connectivity index (χ1n) is 11.3. The number of nitrogens with zero attached hydrogens (tertiary/aromatic N) is 2. The molecule has 0 spiro atoms. The van der Waals surface area contributed by atoms with Crippen LogP contribution >= 0.6 is 11.6 Å². The Morgan fingerprint density at radius 2 is 1.78 bits per heavy atom. The first-order chi connectivity index (χ1) is 17.4. The lowest BCUT2D eigenvalue weighted by molar-refractivity contribution is -0.141. The van der Waals surface area contributed by atoms with Gasteiger partial charge in [0.15, 0.2) is 5.69 Å². The van der Waals surface area contributed by atoms with Crippen LogP contribution in [-0.2, 0) is 6.18 Å². The lowest BCUT2D eigenvalue weighted by atomic mass is 10.1. The van der Waals surface area contributed by atoms with Gasteiger partial charge in [-0.25, -0.2) is 9.48 Å². The summed E-state index contributed by atoms with van der Waals surface area (Å²) in [7, 11) is 0. The fourth-order valence-electron chi connectivity index (χ4n) is 4.02. The molecule has 1 aliphatic rings. The number of aryl methyl sites for hydroxylation is 1. The summed E-state index contributed by atoms with van der Waals surface area (Å²) in [5, 5.41) is 18.4. The number of benzene rings is 2. The molecule has 1 heterocycles. The van der Waals surface area contributed by atoms with Crippen LogP contribution in [0.2, 0.25) is 5.02 Å². The molecular weight excluding hydrogens is 513 g/mol. The van der Waals surface area contributed by atoms with Crippen molar-refractivity contribution in [3.63, 3.8) is 0 Å². The predicted octanol–water partition coefficient (Wildman–Crippen LogP) is 5.33. The molecule has 194 valence electrons. The molecule has 0 bridgehead atoms. The van der Waals surface area contributed by atoms with Crippen LogP contribution < -0.4 is 10.6 Å². The molecule has 0 aliphatic heterocycles. The van der Waals surface area contributed by atoms with E-state index in [1.807, 2.05) is 6.92 Å². The average molecular weight is 535 g/mol. The second-order valence-electron chi connectivity index (χ2n) is 8.79. The highest BCUT2D eigenvalue weighted by molar-refractivity contribution is 6.32. The number of aromatic carboxylic acids is 1. The highest BCUT2D eigenvalue weighted by Crippen LogP contribution is 2.36. The Morgan fingerprint density at radius 1 is 1.11 bits per heavy atom. The second-order valence-corrected chi connectivity index (χ2v) is 9.20. The van der Waals surface area contributed by atoms with Gasteiger partial charge in [0.05, 0.1) is 22.0 Å². The number of carboxylic acids is 1. The summed E-state index contributed by atoms with van der Waals surface area (Å²) < 4.78 is 41.9. The zero-order valence-corrected chi connectivity index (χ0v) is 20.4. The van der Waals surface area contributed by atoms with E-state index in [0.717, 1.165) is 12.8 Å². The molecule has 2 aromatic carbocycles. The SMILES string of the molecule is Cc1cccc(C(=O)NC(C)C2CC2)c1NC(=O)c1c(C(=O)O)c(C(F)(F)F)nn1-c1ccccc1Cl. The van der Waals surface area contributed by atoms with E-state index < -0.39 is 40.9 Å². The van der Waals surface area contributed by atoms with Crippen LogP contribution in [0.3, 0.4) is 0 Å². The van der Waals surface area contributed by atoms with Crippen LogP contribution in [0, 0.1) is 12.8 Å². The van der Waals surface area contributed by atoms with Gasteiger partial charge in [-0.15, -0.1) is 0 Å². The van der Waals surface area contributed by atoms with Gasteiger partial charge in [-0.1, -0.05) is 35.9 Å². The Kier molecular flexibility index (Phi) is 7.00. The molecule has 12 heteroatoms. The minimum absolute atomic E-state index is 0.0322. The smallest absolute Gasteiger partial charge is 0.436 e. The van der Waals surface area contributed by atoms with Gasteiger partial charge in [-0.2, -0.15) is 18.3 Å². The van der Waals surface area contributed by atoms with E-state index in [1.165, 1.54) is 30.3 Å². The van der Waals surface area contributed by atoms with E-state index in [4.69, 9.17) is 11.6 Å². The Morgan fingerprint density at radius 3 is 2.38 bits per heavy atom. The van der Waals surface area contributed by atoms with Crippen molar-refractivity contribution in [2.24, 2.45) is 5.92 Å². The molecule has 3 aromatic rings. The lowest BCUT2D eigenvalue weighted by Gasteiger charge is -2.17. The van der Waals surface area contributed by atoms with E-state index >= 15 is 0 Å². The Balaban J connectivity index is 1.82. The summed E-state index contributed by atoms with van der Waals surface area (Å²) >= 11 is 6.15. The summed E-state index contributed by atoms with van der Waals surface area (Å²) in [6, 6.07) is 10.2. The van der Waals surface area contributed by atoms with E-state index in [2.05, 4.69) is 15.7 Å². The van der Waals surface area contributed by atoms with Crippen molar-refractivity contribution in [1.29, 1.82) is 0 Å². The second kappa shape index (κ2) is 9.89. The number of amides is 2. The van der Waals surface area contributed by atoms with Crippen molar-refractivity contribution in [3.8, 4) is 5.69 Å². The van der Waals surface area contributed by atoms with Crippen LogP contribution in [0.25, 0.3) is 5.69 Å². The van der Waals surface area contributed by atoms with Crippen molar-refractivity contribution < 1.29 is 32.7 Å². The molecular formula is C25H22ClF3N4O4. The maximum atomic E-state index is 13.8. The lowest BCUT2D eigenvalue weighted by Crippen LogP contribution is -2.34. The van der Waals surface area contributed by atoms with Crippen molar-refractivity contribution in [2.75, 3.05) is 5.32 Å². The number of hydrogen-bond donors (Lipinski definition) is 3. The highest BCUT2D eigenvalue weighted by Gasteiger charge is 2.44. The number of anilines is 1. The van der Waals surface area contributed by atoms with Gasteiger partial charge in [-0.05, 0) is 56.4 Å². The number of para-hydroxylation sites is 2. The van der Waals surface area contributed by atoms with E-state index in [9.17, 15) is 32.7 Å². The van der Waals surface area contributed by atoms with Crippen LogP contribution in [0.15, 0.2) is 42.5 Å². The third kappa shape index (κ3) is 5.31. The number of nitrogens with one attached hydrogen (secondary N) is 2. The van der Waals surface area contributed by atoms with Crippen LogP contribution in [0.1, 0.15) is 62.2 Å². The normalized spacial score (nSPS) is 14.2. The summed E-state index contributed by atoms with van der Waals surface area (Å²) in [6.07, 6.45) is -3.20. The molecule has 1 saturated carbocycles. The minimum Gasteiger partial charge on any atom is -0.478 e. The summed E-state index contributed by atoms with van der Waals surface area (Å²) in [5.74, 6) is -3.33. The number of carboxylic acid groups (broad SMARTS) is 1. The van der Waals surface area contributed by atoms with E-state index in [1.54, 1.807) is 19.1 Å². The maximum Gasteiger partial charge on any atom is 0.436 e. The molecule has 0 radical (unpaired) electrons. The van der Waals surface area contributed by atoms with E-state index in [0.29, 0.717) is 16.2 Å². The Hall–Kier alpha value is -3.86. The minimum atomic E-state index is -5.18. The van der Waals surface area contributed by atoms with Crippen molar-refractivity contribution in [1.82, 2.24) is 15.1 Å². The van der Waals surface area contributed by atoms with Crippen LogP contribution in [0.5, 0.6) is 0 Å². The third-order valence-corrected chi connectivity index (χ3v) is 6.43. The zero-order chi connectivity index (χ0) is 27.1. The molecule has 3 N–H and O–H groups in total. The highest BCUT2D eigenvalue weighted by atomic mass is 35.5. The molecule has 1 aromatic heterocycles. The molecule has 2 amide bonds. The van der Waals surface area contributed by atoms with Gasteiger partial charge in [-0.3, -0.25) is 9.59 Å².